The first-order chi connectivity index (χ1) is 19.9. The van der Waals surface area contributed by atoms with Crippen molar-refractivity contribution in [3.63, 3.8) is 0 Å². The average molecular weight is 562 g/mol. The van der Waals surface area contributed by atoms with E-state index in [1.54, 1.807) is 0 Å². The zero-order chi connectivity index (χ0) is 29.2. The summed E-state index contributed by atoms with van der Waals surface area (Å²) in [5.74, 6) is 1.72. The van der Waals surface area contributed by atoms with E-state index in [0.29, 0.717) is 26.2 Å². The Hall–Kier alpha value is -3.51. The number of benzene rings is 3. The van der Waals surface area contributed by atoms with E-state index >= 15 is 0 Å². The summed E-state index contributed by atoms with van der Waals surface area (Å²) < 4.78 is 23.1. The van der Waals surface area contributed by atoms with Crippen LogP contribution in [0.3, 0.4) is 0 Å². The van der Waals surface area contributed by atoms with E-state index in [-0.39, 0.29) is 6.04 Å². The predicted octanol–water partition coefficient (Wildman–Crippen LogP) is 8.14. The number of ether oxygens (including phenoxy) is 4. The summed E-state index contributed by atoms with van der Waals surface area (Å²) in [6.07, 6.45) is 7.00. The van der Waals surface area contributed by atoms with Gasteiger partial charge in [0.2, 0.25) is 0 Å². The molecule has 6 nitrogen and oxygen atoms in total. The Kier molecular flexibility index (Phi) is 14.1. The Balaban J connectivity index is 1.21. The van der Waals surface area contributed by atoms with E-state index in [0.717, 1.165) is 54.9 Å². The maximum absolute atomic E-state index is 12.3. The fourth-order valence-corrected chi connectivity index (χ4v) is 4.33. The molecular formula is C35H47NO5. The summed E-state index contributed by atoms with van der Waals surface area (Å²) in [6, 6.07) is 28.0. The number of unbranched alkanes of at least 4 members (excludes halogenated alkanes) is 5. The van der Waals surface area contributed by atoms with Crippen molar-refractivity contribution in [1.29, 1.82) is 0 Å². The third-order valence-electron chi connectivity index (χ3n) is 6.39. The molecule has 1 N–H and O–H groups in total. The van der Waals surface area contributed by atoms with Gasteiger partial charge in [0.15, 0.2) is 0 Å². The third kappa shape index (κ3) is 14.6. The minimum absolute atomic E-state index is 0.134. The van der Waals surface area contributed by atoms with Gasteiger partial charge >= 0.3 is 6.09 Å². The molecule has 6 heteroatoms. The maximum atomic E-state index is 12.3. The van der Waals surface area contributed by atoms with E-state index in [2.05, 4.69) is 29.6 Å². The number of amides is 1. The largest absolute Gasteiger partial charge is 0.494 e. The standard InChI is InChI=1S/C35H47NO5/c1-35(2,3)41-34(37)36-31(26-29-16-10-8-11-17-29)28-38-24-14-6-4-5-7-15-25-39-32-20-22-33(23-21-32)40-27-30-18-12-9-13-19-30/h8-13,16-23,31H,4-7,14-15,24-28H2,1-3H3,(H,36,37)/t31-/m0/s1. The van der Waals surface area contributed by atoms with Gasteiger partial charge in [0.25, 0.3) is 0 Å². The van der Waals surface area contributed by atoms with Gasteiger partial charge in [-0.3, -0.25) is 0 Å². The number of hydrogen-bond acceptors (Lipinski definition) is 5. The monoisotopic (exact) mass is 561 g/mol. The number of hydrogen-bond donors (Lipinski definition) is 1. The van der Waals surface area contributed by atoms with Crippen LogP contribution in [0.5, 0.6) is 11.5 Å². The topological polar surface area (TPSA) is 66.0 Å². The number of rotatable bonds is 18. The Morgan fingerprint density at radius 3 is 1.83 bits per heavy atom. The van der Waals surface area contributed by atoms with Crippen LogP contribution in [0.4, 0.5) is 4.79 Å². The van der Waals surface area contributed by atoms with E-state index in [9.17, 15) is 4.79 Å². The van der Waals surface area contributed by atoms with Gasteiger partial charge in [0.05, 0.1) is 19.3 Å². The zero-order valence-electron chi connectivity index (χ0n) is 25.0. The quantitative estimate of drug-likeness (QED) is 0.159. The summed E-state index contributed by atoms with van der Waals surface area (Å²) in [5, 5.41) is 2.97. The summed E-state index contributed by atoms with van der Waals surface area (Å²) in [4.78, 5) is 12.3. The van der Waals surface area contributed by atoms with Gasteiger partial charge in [-0.05, 0) is 75.4 Å². The molecule has 0 aliphatic heterocycles. The van der Waals surface area contributed by atoms with Gasteiger partial charge in [-0.15, -0.1) is 0 Å². The summed E-state index contributed by atoms with van der Waals surface area (Å²) in [6.45, 7) is 8.04. The van der Waals surface area contributed by atoms with Crippen LogP contribution in [-0.4, -0.2) is 37.6 Å². The lowest BCUT2D eigenvalue weighted by Crippen LogP contribution is -2.42. The molecule has 3 aromatic rings. The highest BCUT2D eigenvalue weighted by molar-refractivity contribution is 5.68. The Morgan fingerprint density at radius 2 is 1.22 bits per heavy atom. The first kappa shape index (κ1) is 32.0. The highest BCUT2D eigenvalue weighted by Crippen LogP contribution is 2.19. The second kappa shape index (κ2) is 18.0. The summed E-state index contributed by atoms with van der Waals surface area (Å²) in [5.41, 5.74) is 1.78. The lowest BCUT2D eigenvalue weighted by Gasteiger charge is -2.24. The molecule has 0 fully saturated rings. The third-order valence-corrected chi connectivity index (χ3v) is 6.39. The SMILES string of the molecule is CC(C)(C)OC(=O)N[C@H](COCCCCCCCCOc1ccc(OCc2ccccc2)cc1)Cc1ccccc1. The molecule has 0 aromatic heterocycles. The molecule has 3 rings (SSSR count). The average Bonchev–Trinajstić information content (AvgIpc) is 2.95. The van der Waals surface area contributed by atoms with Crippen molar-refractivity contribution >= 4 is 6.09 Å². The molecule has 0 saturated carbocycles. The fraction of sp³-hybridized carbons (Fsp3) is 0.457. The zero-order valence-corrected chi connectivity index (χ0v) is 25.0. The molecule has 0 unspecified atom stereocenters. The molecule has 41 heavy (non-hydrogen) atoms. The Bertz CT molecular complexity index is 1100. The summed E-state index contributed by atoms with van der Waals surface area (Å²) in [7, 11) is 0. The van der Waals surface area contributed by atoms with Crippen LogP contribution < -0.4 is 14.8 Å². The molecular weight excluding hydrogens is 514 g/mol. The first-order valence-electron chi connectivity index (χ1n) is 14.9. The van der Waals surface area contributed by atoms with Crippen molar-refractivity contribution < 1.29 is 23.7 Å². The molecule has 222 valence electrons. The molecule has 0 aliphatic carbocycles. The van der Waals surface area contributed by atoms with Gasteiger partial charge in [0.1, 0.15) is 23.7 Å². The Labute approximate surface area is 246 Å². The van der Waals surface area contributed by atoms with Crippen molar-refractivity contribution in [2.45, 2.75) is 84.0 Å². The van der Waals surface area contributed by atoms with Crippen molar-refractivity contribution in [3.05, 3.63) is 96.1 Å². The van der Waals surface area contributed by atoms with Crippen LogP contribution in [0.25, 0.3) is 0 Å². The van der Waals surface area contributed by atoms with Crippen LogP contribution in [0.15, 0.2) is 84.9 Å². The van der Waals surface area contributed by atoms with Gasteiger partial charge in [-0.1, -0.05) is 86.3 Å². The second-order valence-electron chi connectivity index (χ2n) is 11.3. The molecule has 1 atom stereocenters. The summed E-state index contributed by atoms with van der Waals surface area (Å²) >= 11 is 0. The van der Waals surface area contributed by atoms with Crippen LogP contribution in [0.1, 0.15) is 70.4 Å². The minimum atomic E-state index is -0.530. The van der Waals surface area contributed by atoms with Crippen LogP contribution in [0, 0.1) is 0 Å². The molecule has 0 heterocycles. The minimum Gasteiger partial charge on any atom is -0.494 e. The Morgan fingerprint density at radius 1 is 0.683 bits per heavy atom. The smallest absolute Gasteiger partial charge is 0.407 e. The predicted molar refractivity (Wildman–Crippen MR) is 165 cm³/mol. The molecule has 0 saturated heterocycles. The maximum Gasteiger partial charge on any atom is 0.407 e. The molecule has 0 radical (unpaired) electrons. The normalized spacial score (nSPS) is 12.0. The van der Waals surface area contributed by atoms with Gasteiger partial charge in [0, 0.05) is 6.61 Å². The van der Waals surface area contributed by atoms with E-state index < -0.39 is 11.7 Å². The van der Waals surface area contributed by atoms with Crippen molar-refractivity contribution in [2.75, 3.05) is 19.8 Å². The number of nitrogens with one attached hydrogen (secondary N) is 1. The van der Waals surface area contributed by atoms with Crippen LogP contribution >= 0.6 is 0 Å². The highest BCUT2D eigenvalue weighted by Gasteiger charge is 2.20. The highest BCUT2D eigenvalue weighted by atomic mass is 16.6. The fourth-order valence-electron chi connectivity index (χ4n) is 4.33. The number of carbonyl (C=O) groups excluding carboxylic acids is 1. The van der Waals surface area contributed by atoms with E-state index in [1.807, 2.05) is 81.4 Å². The van der Waals surface area contributed by atoms with Crippen LogP contribution in [-0.2, 0) is 22.5 Å². The van der Waals surface area contributed by atoms with Gasteiger partial charge < -0.3 is 24.3 Å². The first-order valence-corrected chi connectivity index (χ1v) is 14.9. The second-order valence-corrected chi connectivity index (χ2v) is 11.3. The van der Waals surface area contributed by atoms with Crippen LogP contribution in [0.2, 0.25) is 0 Å². The van der Waals surface area contributed by atoms with E-state index in [4.69, 9.17) is 18.9 Å². The molecule has 0 spiro atoms. The lowest BCUT2D eigenvalue weighted by atomic mass is 10.1. The molecule has 1 amide bonds. The van der Waals surface area contributed by atoms with Gasteiger partial charge in [-0.25, -0.2) is 4.79 Å². The van der Waals surface area contributed by atoms with Crippen molar-refractivity contribution in [1.82, 2.24) is 5.32 Å². The van der Waals surface area contributed by atoms with Gasteiger partial charge in [-0.2, -0.15) is 0 Å². The molecule has 3 aromatic carbocycles. The van der Waals surface area contributed by atoms with E-state index in [1.165, 1.54) is 12.8 Å². The van der Waals surface area contributed by atoms with Crippen molar-refractivity contribution in [3.8, 4) is 11.5 Å². The molecule has 0 aliphatic rings. The molecule has 0 bridgehead atoms. The number of alkyl carbamates (subject to hydrolysis) is 1. The lowest BCUT2D eigenvalue weighted by molar-refractivity contribution is 0.0440. The van der Waals surface area contributed by atoms with Crippen molar-refractivity contribution in [2.24, 2.45) is 0 Å². The number of carbonyl (C=O) groups is 1.